The largest absolute Gasteiger partial charge is 0.293 e. The fraction of sp³-hybridized carbons (Fsp3) is 0.0909. The molecule has 0 fully saturated rings. The number of anilines is 1. The molecule has 1 unspecified atom stereocenters. The van der Waals surface area contributed by atoms with Crippen molar-refractivity contribution in [3.8, 4) is 0 Å². The van der Waals surface area contributed by atoms with Gasteiger partial charge in [0.1, 0.15) is 0 Å². The van der Waals surface area contributed by atoms with Crippen molar-refractivity contribution in [1.29, 1.82) is 0 Å². The molecular formula is C33H26N6O. The van der Waals surface area contributed by atoms with Gasteiger partial charge in [-0.1, -0.05) is 84.9 Å². The second-order valence-corrected chi connectivity index (χ2v) is 9.40. The Labute approximate surface area is 231 Å². The molecule has 0 amide bonds. The zero-order chi connectivity index (χ0) is 27.3. The first kappa shape index (κ1) is 25.0. The number of hydrogen-bond donors (Lipinski definition) is 1. The van der Waals surface area contributed by atoms with Crippen LogP contribution in [0.4, 0.5) is 22.7 Å². The molecule has 0 radical (unpaired) electrons. The first-order valence-corrected chi connectivity index (χ1v) is 13.1. The SMILES string of the molecule is CN=Nc1ccc(N=Nc2cccc3c(N/N=C\CC4C=Cc5ccccc5C4=O)cccc23)c2ccccc12. The number of carbonyl (C=O) groups excluding carboxylic acids is 1. The number of ketones is 1. The molecule has 5 aromatic carbocycles. The summed E-state index contributed by atoms with van der Waals surface area (Å²) in [5.41, 5.74) is 8.04. The van der Waals surface area contributed by atoms with Crippen LogP contribution >= 0.6 is 0 Å². The highest BCUT2D eigenvalue weighted by molar-refractivity contribution is 6.05. The Kier molecular flexibility index (Phi) is 7.01. The minimum atomic E-state index is -0.213. The van der Waals surface area contributed by atoms with Gasteiger partial charge in [0.2, 0.25) is 0 Å². The minimum Gasteiger partial charge on any atom is -0.293 e. The predicted molar refractivity (Wildman–Crippen MR) is 163 cm³/mol. The second kappa shape index (κ2) is 11.2. The maximum atomic E-state index is 12.8. The molecule has 40 heavy (non-hydrogen) atoms. The Hall–Kier alpha value is -5.30. The van der Waals surface area contributed by atoms with Crippen LogP contribution in [0.3, 0.4) is 0 Å². The molecule has 0 aliphatic heterocycles. The van der Waals surface area contributed by atoms with Gasteiger partial charge in [-0.3, -0.25) is 10.2 Å². The van der Waals surface area contributed by atoms with Crippen LogP contribution in [-0.2, 0) is 0 Å². The van der Waals surface area contributed by atoms with E-state index >= 15 is 0 Å². The predicted octanol–water partition coefficient (Wildman–Crippen LogP) is 9.44. The number of rotatable bonds is 7. The van der Waals surface area contributed by atoms with Crippen LogP contribution in [-0.4, -0.2) is 19.0 Å². The van der Waals surface area contributed by atoms with Crippen molar-refractivity contribution in [3.63, 3.8) is 0 Å². The third kappa shape index (κ3) is 4.92. The first-order valence-electron chi connectivity index (χ1n) is 13.1. The molecule has 7 nitrogen and oxygen atoms in total. The Morgan fingerprint density at radius 1 is 0.700 bits per heavy atom. The number of azo groups is 2. The van der Waals surface area contributed by atoms with Crippen LogP contribution in [0, 0.1) is 5.92 Å². The van der Waals surface area contributed by atoms with Gasteiger partial charge in [-0.2, -0.15) is 15.3 Å². The van der Waals surface area contributed by atoms with Gasteiger partial charge in [-0.05, 0) is 36.2 Å². The lowest BCUT2D eigenvalue weighted by molar-refractivity contribution is 0.0947. The molecule has 0 heterocycles. The highest BCUT2D eigenvalue weighted by atomic mass is 16.1. The molecule has 1 N–H and O–H groups in total. The fourth-order valence-corrected chi connectivity index (χ4v) is 4.98. The van der Waals surface area contributed by atoms with E-state index in [1.807, 2.05) is 109 Å². The molecule has 0 saturated heterocycles. The van der Waals surface area contributed by atoms with Crippen LogP contribution in [0.5, 0.6) is 0 Å². The van der Waals surface area contributed by atoms with E-state index in [9.17, 15) is 4.79 Å². The van der Waals surface area contributed by atoms with E-state index < -0.39 is 0 Å². The van der Waals surface area contributed by atoms with Crippen LogP contribution < -0.4 is 5.43 Å². The van der Waals surface area contributed by atoms with Crippen molar-refractivity contribution in [2.75, 3.05) is 12.5 Å². The highest BCUT2D eigenvalue weighted by Crippen LogP contribution is 2.36. The van der Waals surface area contributed by atoms with Gasteiger partial charge in [0.05, 0.1) is 22.7 Å². The minimum absolute atomic E-state index is 0.127. The molecule has 0 spiro atoms. The van der Waals surface area contributed by atoms with E-state index in [1.54, 1.807) is 13.3 Å². The molecule has 1 aliphatic rings. The van der Waals surface area contributed by atoms with Crippen molar-refractivity contribution in [2.24, 2.45) is 31.5 Å². The number of nitrogens with one attached hydrogen (secondary N) is 1. The molecular weight excluding hydrogens is 496 g/mol. The summed E-state index contributed by atoms with van der Waals surface area (Å²) in [6.07, 6.45) is 6.25. The maximum absolute atomic E-state index is 12.8. The lowest BCUT2D eigenvalue weighted by atomic mass is 9.87. The quantitative estimate of drug-likeness (QED) is 0.131. The van der Waals surface area contributed by atoms with E-state index in [2.05, 4.69) is 31.0 Å². The van der Waals surface area contributed by atoms with Crippen molar-refractivity contribution >= 4 is 62.4 Å². The molecule has 1 aliphatic carbocycles. The summed E-state index contributed by atoms with van der Waals surface area (Å²) in [5, 5.41) is 25.7. The summed E-state index contributed by atoms with van der Waals surface area (Å²) in [6, 6.07) is 31.3. The Bertz CT molecular complexity index is 1850. The van der Waals surface area contributed by atoms with Crippen molar-refractivity contribution in [1.82, 2.24) is 0 Å². The third-order valence-electron chi connectivity index (χ3n) is 6.96. The zero-order valence-electron chi connectivity index (χ0n) is 21.9. The van der Waals surface area contributed by atoms with Gasteiger partial charge < -0.3 is 0 Å². The molecule has 194 valence electrons. The lowest BCUT2D eigenvalue weighted by Crippen LogP contribution is -2.17. The number of Topliss-reactive ketones (excluding diaryl/α,β-unsaturated/α-hetero) is 1. The molecule has 7 heteroatoms. The van der Waals surface area contributed by atoms with Crippen LogP contribution in [0.25, 0.3) is 27.6 Å². The number of fused-ring (bicyclic) bond motifs is 3. The molecule has 6 rings (SSSR count). The zero-order valence-corrected chi connectivity index (χ0v) is 21.9. The summed E-state index contributed by atoms with van der Waals surface area (Å²) in [7, 11) is 1.66. The maximum Gasteiger partial charge on any atom is 0.170 e. The molecule has 0 bridgehead atoms. The van der Waals surface area contributed by atoms with Crippen LogP contribution in [0.1, 0.15) is 22.3 Å². The van der Waals surface area contributed by atoms with Crippen LogP contribution in [0.2, 0.25) is 0 Å². The van der Waals surface area contributed by atoms with Gasteiger partial charge in [-0.15, -0.1) is 10.2 Å². The average Bonchev–Trinajstić information content (AvgIpc) is 3.00. The Morgan fingerprint density at radius 3 is 2.12 bits per heavy atom. The van der Waals surface area contributed by atoms with E-state index in [1.165, 1.54) is 0 Å². The highest BCUT2D eigenvalue weighted by Gasteiger charge is 2.22. The first-order chi connectivity index (χ1) is 19.7. The normalized spacial score (nSPS) is 15.1. The van der Waals surface area contributed by atoms with E-state index in [-0.39, 0.29) is 11.7 Å². The Balaban J connectivity index is 1.22. The molecule has 5 aromatic rings. The number of carbonyl (C=O) groups is 1. The van der Waals surface area contributed by atoms with Gasteiger partial charge in [0, 0.05) is 46.3 Å². The summed E-state index contributed by atoms with van der Waals surface area (Å²) in [6.45, 7) is 0. The van der Waals surface area contributed by atoms with Crippen molar-refractivity contribution < 1.29 is 4.79 Å². The third-order valence-corrected chi connectivity index (χ3v) is 6.96. The standard InChI is InChI=1S/C33H26N6O/c1-34-36-31-18-19-32(26-11-5-4-10-25(26)31)39-38-30-15-7-12-27-28(30)13-6-14-29(27)37-35-21-20-23-17-16-22-8-2-3-9-24(22)33(23)40/h2-19,21,23,37H,20H2,1H3/b35-21-,36-34?,39-38?. The van der Waals surface area contributed by atoms with E-state index in [0.717, 1.165) is 55.4 Å². The number of hydrogen-bond acceptors (Lipinski definition) is 7. The molecule has 0 aromatic heterocycles. The van der Waals surface area contributed by atoms with Crippen LogP contribution in [0.15, 0.2) is 129 Å². The number of nitrogens with zero attached hydrogens (tertiary/aromatic N) is 5. The number of benzene rings is 5. The average molecular weight is 523 g/mol. The van der Waals surface area contributed by atoms with Gasteiger partial charge in [-0.25, -0.2) is 0 Å². The second-order valence-electron chi connectivity index (χ2n) is 9.40. The Morgan fingerprint density at radius 2 is 1.32 bits per heavy atom. The van der Waals surface area contributed by atoms with E-state index in [0.29, 0.717) is 6.42 Å². The number of hydrazone groups is 1. The van der Waals surface area contributed by atoms with Crippen molar-refractivity contribution in [2.45, 2.75) is 6.42 Å². The van der Waals surface area contributed by atoms with Crippen molar-refractivity contribution in [3.05, 3.63) is 114 Å². The molecule has 1 atom stereocenters. The number of allylic oxidation sites excluding steroid dienone is 1. The van der Waals surface area contributed by atoms with Gasteiger partial charge in [0.25, 0.3) is 0 Å². The summed E-state index contributed by atoms with van der Waals surface area (Å²) < 4.78 is 0. The molecule has 0 saturated carbocycles. The summed E-state index contributed by atoms with van der Waals surface area (Å²) >= 11 is 0. The van der Waals surface area contributed by atoms with E-state index in [4.69, 9.17) is 0 Å². The van der Waals surface area contributed by atoms with Gasteiger partial charge in [0.15, 0.2) is 5.78 Å². The summed E-state index contributed by atoms with van der Waals surface area (Å²) in [4.78, 5) is 12.8. The lowest BCUT2D eigenvalue weighted by Gasteiger charge is -2.16. The monoisotopic (exact) mass is 522 g/mol. The topological polar surface area (TPSA) is 90.9 Å². The smallest absolute Gasteiger partial charge is 0.170 e. The fourth-order valence-electron chi connectivity index (χ4n) is 4.98. The summed E-state index contributed by atoms with van der Waals surface area (Å²) in [5.74, 6) is -0.0861. The van der Waals surface area contributed by atoms with Gasteiger partial charge >= 0.3 is 0 Å².